The molecule has 1 heterocycles. The number of para-hydroxylation sites is 1. The first-order chi connectivity index (χ1) is 5.79. The van der Waals surface area contributed by atoms with Gasteiger partial charge in [-0.05, 0) is 23.9 Å². The van der Waals surface area contributed by atoms with Crippen LogP contribution in [-0.4, -0.2) is 24.3 Å². The summed E-state index contributed by atoms with van der Waals surface area (Å²) in [6.45, 7) is 0. The smallest absolute Gasteiger partial charge is 0.156 e. The molecular formula is C9H11N2S+. The molecule has 2 rings (SSSR count). The molecule has 0 saturated heterocycles. The van der Waals surface area contributed by atoms with Gasteiger partial charge in [-0.25, -0.2) is 0 Å². The standard InChI is InChI=1S/C9H11N2S/c1-10-7-12-9-6-4-3-5-8(9)11(10)2/h3-7H,1-2H3/q+1. The molecule has 0 N–H and O–H groups in total. The molecule has 12 heavy (non-hydrogen) atoms. The number of nitrogens with zero attached hydrogens (tertiary/aromatic N) is 2. The van der Waals surface area contributed by atoms with Gasteiger partial charge in [0.05, 0.1) is 7.05 Å². The second-order valence-electron chi connectivity index (χ2n) is 2.79. The van der Waals surface area contributed by atoms with Crippen LogP contribution in [0.15, 0.2) is 29.2 Å². The Hall–Kier alpha value is -0.960. The van der Waals surface area contributed by atoms with Gasteiger partial charge < -0.3 is 0 Å². The van der Waals surface area contributed by atoms with Crippen molar-refractivity contribution in [3.8, 4) is 0 Å². The minimum atomic E-state index is 1.27. The van der Waals surface area contributed by atoms with Gasteiger partial charge >= 0.3 is 0 Å². The Bertz CT molecular complexity index is 333. The first-order valence-electron chi connectivity index (χ1n) is 3.84. The Morgan fingerprint density at radius 3 is 2.92 bits per heavy atom. The predicted octanol–water partition coefficient (Wildman–Crippen LogP) is 1.81. The minimum absolute atomic E-state index is 1.27. The summed E-state index contributed by atoms with van der Waals surface area (Å²) in [5, 5.41) is 2.13. The van der Waals surface area contributed by atoms with E-state index in [1.807, 2.05) is 7.05 Å². The van der Waals surface area contributed by atoms with Gasteiger partial charge in [0, 0.05) is 4.90 Å². The van der Waals surface area contributed by atoms with Crippen LogP contribution in [0.5, 0.6) is 0 Å². The highest BCUT2D eigenvalue weighted by molar-refractivity contribution is 8.12. The van der Waals surface area contributed by atoms with E-state index in [4.69, 9.17) is 0 Å². The SMILES string of the molecule is CN1c2ccccc2SC=[N+]1C. The lowest BCUT2D eigenvalue weighted by Gasteiger charge is -2.19. The second-order valence-corrected chi connectivity index (χ2v) is 3.67. The van der Waals surface area contributed by atoms with Crippen LogP contribution >= 0.6 is 11.8 Å². The number of thioether (sulfide) groups is 1. The fourth-order valence-electron chi connectivity index (χ4n) is 1.20. The Morgan fingerprint density at radius 1 is 1.33 bits per heavy atom. The summed E-state index contributed by atoms with van der Waals surface area (Å²) in [5.74, 6) is 0. The number of rotatable bonds is 0. The van der Waals surface area contributed by atoms with Crippen molar-refractivity contribution in [1.82, 2.24) is 0 Å². The monoisotopic (exact) mass is 179 g/mol. The van der Waals surface area contributed by atoms with E-state index in [1.165, 1.54) is 10.6 Å². The average molecular weight is 179 g/mol. The van der Waals surface area contributed by atoms with Gasteiger partial charge in [-0.1, -0.05) is 12.1 Å². The summed E-state index contributed by atoms with van der Waals surface area (Å²) in [4.78, 5) is 1.32. The van der Waals surface area contributed by atoms with Gasteiger partial charge in [0.25, 0.3) is 0 Å². The molecule has 62 valence electrons. The molecule has 0 aliphatic carbocycles. The van der Waals surface area contributed by atoms with Crippen molar-refractivity contribution in [2.24, 2.45) is 0 Å². The van der Waals surface area contributed by atoms with Crippen molar-refractivity contribution in [1.29, 1.82) is 0 Å². The highest BCUT2D eigenvalue weighted by atomic mass is 32.2. The third-order valence-electron chi connectivity index (χ3n) is 2.02. The molecule has 0 atom stereocenters. The molecule has 1 aliphatic heterocycles. The first-order valence-corrected chi connectivity index (χ1v) is 4.72. The van der Waals surface area contributed by atoms with Crippen LogP contribution in [0, 0.1) is 0 Å². The van der Waals surface area contributed by atoms with Gasteiger partial charge in [-0.3, -0.25) is 0 Å². The van der Waals surface area contributed by atoms with E-state index in [-0.39, 0.29) is 0 Å². The fourth-order valence-corrected chi connectivity index (χ4v) is 2.08. The third-order valence-corrected chi connectivity index (χ3v) is 3.03. The first kappa shape index (κ1) is 7.68. The topological polar surface area (TPSA) is 6.25 Å². The van der Waals surface area contributed by atoms with Gasteiger partial charge in [0.1, 0.15) is 5.69 Å². The second kappa shape index (κ2) is 2.83. The lowest BCUT2D eigenvalue weighted by Crippen LogP contribution is -2.30. The number of anilines is 1. The maximum atomic E-state index is 2.14. The lowest BCUT2D eigenvalue weighted by molar-refractivity contribution is -0.501. The molecule has 0 spiro atoms. The zero-order valence-electron chi connectivity index (χ0n) is 7.19. The number of hydrogen-bond acceptors (Lipinski definition) is 2. The zero-order valence-corrected chi connectivity index (χ0v) is 8.01. The molecule has 0 amide bonds. The van der Waals surface area contributed by atoms with Gasteiger partial charge in [0.15, 0.2) is 7.05 Å². The molecule has 3 heteroatoms. The maximum Gasteiger partial charge on any atom is 0.232 e. The molecule has 0 aromatic heterocycles. The average Bonchev–Trinajstić information content (AvgIpc) is 2.12. The van der Waals surface area contributed by atoms with Crippen molar-refractivity contribution in [3.63, 3.8) is 0 Å². The van der Waals surface area contributed by atoms with Crippen LogP contribution in [0.1, 0.15) is 0 Å². The number of benzene rings is 1. The quantitative estimate of drug-likeness (QED) is 0.560. The summed E-state index contributed by atoms with van der Waals surface area (Å²) >= 11 is 1.76. The third kappa shape index (κ3) is 1.10. The summed E-state index contributed by atoms with van der Waals surface area (Å²) < 4.78 is 2.08. The number of fused-ring (bicyclic) bond motifs is 1. The van der Waals surface area contributed by atoms with E-state index in [1.54, 1.807) is 11.8 Å². The molecule has 0 fully saturated rings. The maximum absolute atomic E-state index is 2.14. The summed E-state index contributed by atoms with van der Waals surface area (Å²) in [7, 11) is 4.11. The molecule has 1 aliphatic rings. The van der Waals surface area contributed by atoms with Crippen LogP contribution in [0.2, 0.25) is 0 Å². The Labute approximate surface area is 76.5 Å². The van der Waals surface area contributed by atoms with E-state index in [0.717, 1.165) is 0 Å². The van der Waals surface area contributed by atoms with Crippen LogP contribution in [0.25, 0.3) is 0 Å². The molecular weight excluding hydrogens is 168 g/mol. The van der Waals surface area contributed by atoms with Crippen LogP contribution in [-0.2, 0) is 0 Å². The Balaban J connectivity index is 2.49. The Kier molecular flexibility index (Phi) is 1.81. The minimum Gasteiger partial charge on any atom is -0.156 e. The summed E-state index contributed by atoms with van der Waals surface area (Å²) in [6, 6.07) is 8.40. The highest BCUT2D eigenvalue weighted by Gasteiger charge is 2.18. The van der Waals surface area contributed by atoms with Crippen LogP contribution in [0.4, 0.5) is 5.69 Å². The van der Waals surface area contributed by atoms with E-state index >= 15 is 0 Å². The number of hydrogen-bond donors (Lipinski definition) is 0. The number of hydrazone groups is 1. The van der Waals surface area contributed by atoms with Crippen molar-refractivity contribution >= 4 is 23.0 Å². The molecule has 1 aromatic carbocycles. The van der Waals surface area contributed by atoms with Crippen LogP contribution in [0.3, 0.4) is 0 Å². The van der Waals surface area contributed by atoms with E-state index in [9.17, 15) is 0 Å². The molecule has 0 radical (unpaired) electrons. The lowest BCUT2D eigenvalue weighted by atomic mass is 10.3. The molecule has 1 aromatic rings. The zero-order chi connectivity index (χ0) is 8.55. The normalized spacial score (nSPS) is 15.5. The molecule has 2 nitrogen and oxygen atoms in total. The van der Waals surface area contributed by atoms with Crippen molar-refractivity contribution in [3.05, 3.63) is 24.3 Å². The molecule has 0 unspecified atom stereocenters. The van der Waals surface area contributed by atoms with Gasteiger partial charge in [-0.2, -0.15) is 5.01 Å². The van der Waals surface area contributed by atoms with Crippen molar-refractivity contribution in [2.45, 2.75) is 4.90 Å². The van der Waals surface area contributed by atoms with Crippen molar-refractivity contribution in [2.75, 3.05) is 19.1 Å². The Morgan fingerprint density at radius 2 is 2.08 bits per heavy atom. The van der Waals surface area contributed by atoms with Crippen LogP contribution < -0.4 is 5.01 Å². The largest absolute Gasteiger partial charge is 0.232 e. The number of hydrazine groups is 1. The van der Waals surface area contributed by atoms with E-state index in [2.05, 4.69) is 46.6 Å². The fraction of sp³-hybridized carbons (Fsp3) is 0.222. The van der Waals surface area contributed by atoms with Gasteiger partial charge in [-0.15, -0.1) is 4.68 Å². The predicted molar refractivity (Wildman–Crippen MR) is 53.0 cm³/mol. The van der Waals surface area contributed by atoms with Gasteiger partial charge in [0.2, 0.25) is 5.55 Å². The van der Waals surface area contributed by atoms with E-state index in [0.29, 0.717) is 0 Å². The summed E-state index contributed by atoms with van der Waals surface area (Å²) in [5.41, 5.74) is 3.37. The summed E-state index contributed by atoms with van der Waals surface area (Å²) in [6.07, 6.45) is 0. The molecule has 0 bridgehead atoms. The van der Waals surface area contributed by atoms with Crippen molar-refractivity contribution < 1.29 is 4.68 Å². The highest BCUT2D eigenvalue weighted by Crippen LogP contribution is 2.30. The van der Waals surface area contributed by atoms with E-state index < -0.39 is 0 Å². The molecule has 0 saturated carbocycles.